The van der Waals surface area contributed by atoms with E-state index in [1.807, 2.05) is 0 Å². The van der Waals surface area contributed by atoms with Gasteiger partial charge >= 0.3 is 0 Å². The first-order chi connectivity index (χ1) is 16.3. The Morgan fingerprint density at radius 1 is 0.941 bits per heavy atom. The molecular formula is C21H16N8O5. The molecule has 2 aromatic carbocycles. The Hall–Kier alpha value is -5.20. The Kier molecular flexibility index (Phi) is 5.90. The zero-order valence-electron chi connectivity index (χ0n) is 17.6. The van der Waals surface area contributed by atoms with E-state index in [-0.39, 0.29) is 5.56 Å². The van der Waals surface area contributed by atoms with Crippen LogP contribution < -0.4 is 10.6 Å². The molecule has 0 aliphatic rings. The Morgan fingerprint density at radius 2 is 1.59 bits per heavy atom. The molecule has 34 heavy (non-hydrogen) atoms. The van der Waals surface area contributed by atoms with Crippen molar-refractivity contribution in [3.05, 3.63) is 98.6 Å². The van der Waals surface area contributed by atoms with Crippen molar-refractivity contribution in [2.24, 2.45) is 0 Å². The van der Waals surface area contributed by atoms with Crippen molar-refractivity contribution >= 4 is 34.5 Å². The molecule has 2 heterocycles. The third-order valence-corrected chi connectivity index (χ3v) is 4.57. The number of non-ortho nitro benzene ring substituents is 2. The molecule has 13 heteroatoms. The third-order valence-electron chi connectivity index (χ3n) is 4.57. The molecule has 13 nitrogen and oxygen atoms in total. The van der Waals surface area contributed by atoms with Gasteiger partial charge in [0.05, 0.1) is 21.5 Å². The van der Waals surface area contributed by atoms with E-state index >= 15 is 0 Å². The van der Waals surface area contributed by atoms with Crippen LogP contribution in [0, 0.1) is 27.2 Å². The summed E-state index contributed by atoms with van der Waals surface area (Å²) in [4.78, 5) is 41.7. The topological polar surface area (TPSA) is 171 Å². The summed E-state index contributed by atoms with van der Waals surface area (Å²) in [7, 11) is 0. The first-order valence-corrected chi connectivity index (χ1v) is 9.76. The fourth-order valence-electron chi connectivity index (χ4n) is 3.06. The third kappa shape index (κ3) is 4.99. The summed E-state index contributed by atoms with van der Waals surface area (Å²) < 4.78 is 1.61. The monoisotopic (exact) mass is 460 g/mol. The van der Waals surface area contributed by atoms with Crippen LogP contribution in [0.15, 0.2) is 67.0 Å². The number of nitro groups is 2. The van der Waals surface area contributed by atoms with Crippen molar-refractivity contribution in [2.75, 3.05) is 10.6 Å². The normalized spacial score (nSPS) is 10.5. The average molecular weight is 460 g/mol. The molecule has 2 aromatic heterocycles. The van der Waals surface area contributed by atoms with E-state index in [0.717, 1.165) is 18.2 Å². The quantitative estimate of drug-likeness (QED) is 0.307. The number of anilines is 3. The van der Waals surface area contributed by atoms with Gasteiger partial charge < -0.3 is 10.6 Å². The van der Waals surface area contributed by atoms with Gasteiger partial charge in [0.2, 0.25) is 0 Å². The number of nitrogens with zero attached hydrogens (tertiary/aromatic N) is 6. The summed E-state index contributed by atoms with van der Waals surface area (Å²) in [6.07, 6.45) is 3.41. The zero-order chi connectivity index (χ0) is 24.2. The molecule has 4 rings (SSSR count). The van der Waals surface area contributed by atoms with Crippen LogP contribution >= 0.6 is 0 Å². The lowest BCUT2D eigenvalue weighted by Crippen LogP contribution is -2.12. The minimum absolute atomic E-state index is 0.203. The van der Waals surface area contributed by atoms with E-state index < -0.39 is 27.1 Å². The summed E-state index contributed by atoms with van der Waals surface area (Å²) in [5.74, 6) is 0.960. The first kappa shape index (κ1) is 22.0. The van der Waals surface area contributed by atoms with Gasteiger partial charge in [0, 0.05) is 42.0 Å². The van der Waals surface area contributed by atoms with Crippen LogP contribution in [0.25, 0.3) is 5.82 Å². The summed E-state index contributed by atoms with van der Waals surface area (Å²) in [6, 6.07) is 12.9. The van der Waals surface area contributed by atoms with Gasteiger partial charge in [0.25, 0.3) is 17.3 Å². The largest absolute Gasteiger partial charge is 0.340 e. The van der Waals surface area contributed by atoms with Crippen molar-refractivity contribution in [1.82, 2.24) is 19.7 Å². The van der Waals surface area contributed by atoms with E-state index in [1.54, 1.807) is 60.4 Å². The second-order valence-electron chi connectivity index (χ2n) is 7.02. The molecule has 0 saturated carbocycles. The predicted octanol–water partition coefficient (Wildman–Crippen LogP) is 3.78. The highest BCUT2D eigenvalue weighted by Crippen LogP contribution is 2.24. The molecule has 0 aliphatic heterocycles. The number of hydrogen-bond acceptors (Lipinski definition) is 9. The highest BCUT2D eigenvalue weighted by Gasteiger charge is 2.20. The van der Waals surface area contributed by atoms with Gasteiger partial charge in [0.15, 0.2) is 5.82 Å². The summed E-state index contributed by atoms with van der Waals surface area (Å²) in [6.45, 7) is 1.76. The maximum atomic E-state index is 12.5. The van der Waals surface area contributed by atoms with Crippen LogP contribution in [0.2, 0.25) is 0 Å². The van der Waals surface area contributed by atoms with E-state index in [1.165, 1.54) is 0 Å². The highest BCUT2D eigenvalue weighted by molar-refractivity contribution is 6.05. The number of rotatable bonds is 7. The smallest absolute Gasteiger partial charge is 0.277 e. The van der Waals surface area contributed by atoms with Crippen molar-refractivity contribution < 1.29 is 14.6 Å². The molecule has 0 saturated heterocycles. The minimum Gasteiger partial charge on any atom is -0.340 e. The minimum atomic E-state index is -0.795. The highest BCUT2D eigenvalue weighted by atomic mass is 16.6. The molecule has 170 valence electrons. The van der Waals surface area contributed by atoms with E-state index in [9.17, 15) is 25.0 Å². The molecule has 0 aliphatic carbocycles. The fourth-order valence-corrected chi connectivity index (χ4v) is 3.06. The molecule has 1 amide bonds. The van der Waals surface area contributed by atoms with Crippen LogP contribution in [0.5, 0.6) is 0 Å². The molecule has 2 N–H and O–H groups in total. The summed E-state index contributed by atoms with van der Waals surface area (Å²) >= 11 is 0. The molecule has 0 spiro atoms. The van der Waals surface area contributed by atoms with E-state index in [0.29, 0.717) is 28.8 Å². The molecular weight excluding hydrogens is 444 g/mol. The van der Waals surface area contributed by atoms with Gasteiger partial charge in [-0.15, -0.1) is 0 Å². The number of benzene rings is 2. The van der Waals surface area contributed by atoms with Crippen LogP contribution in [0.3, 0.4) is 0 Å². The van der Waals surface area contributed by atoms with Gasteiger partial charge in [-0.25, -0.2) is 14.6 Å². The number of amides is 1. The number of nitro benzene ring substituents is 2. The molecule has 0 fully saturated rings. The molecule has 0 radical (unpaired) electrons. The molecule has 0 bridgehead atoms. The second-order valence-corrected chi connectivity index (χ2v) is 7.02. The Bertz CT molecular complexity index is 1350. The van der Waals surface area contributed by atoms with Gasteiger partial charge in [-0.05, 0) is 37.3 Å². The van der Waals surface area contributed by atoms with Crippen molar-refractivity contribution in [2.45, 2.75) is 6.92 Å². The van der Waals surface area contributed by atoms with Gasteiger partial charge in [-0.3, -0.25) is 25.0 Å². The SMILES string of the molecule is Cc1nc(Nc2ccc(NC(=O)c3cc([N+](=O)[O-])cc([N+](=O)[O-])c3)cc2)cc(-n2cccn2)n1. The number of carbonyl (C=O) groups excluding carboxylic acids is 1. The standard InChI is InChI=1S/C21H16N8O5/c1-13-23-19(12-20(24-13)27-8-2-7-22-27)25-15-3-5-16(6-4-15)26-21(30)14-9-17(28(31)32)11-18(10-14)29(33)34/h2-12H,1H3,(H,26,30)(H,23,24,25). The molecule has 4 aromatic rings. The van der Waals surface area contributed by atoms with Gasteiger partial charge in [-0.1, -0.05) is 0 Å². The number of aromatic nitrogens is 4. The molecule has 0 atom stereocenters. The Labute approximate surface area is 191 Å². The lowest BCUT2D eigenvalue weighted by molar-refractivity contribution is -0.394. The lowest BCUT2D eigenvalue weighted by Gasteiger charge is -2.10. The molecule has 0 unspecified atom stereocenters. The Balaban J connectivity index is 1.49. The van der Waals surface area contributed by atoms with Crippen LogP contribution in [-0.2, 0) is 0 Å². The Morgan fingerprint density at radius 3 is 2.18 bits per heavy atom. The van der Waals surface area contributed by atoms with Crippen LogP contribution in [-0.4, -0.2) is 35.5 Å². The average Bonchev–Trinajstić information content (AvgIpc) is 3.35. The van der Waals surface area contributed by atoms with Crippen LogP contribution in [0.4, 0.5) is 28.6 Å². The first-order valence-electron chi connectivity index (χ1n) is 9.76. The van der Waals surface area contributed by atoms with E-state index in [4.69, 9.17) is 0 Å². The van der Waals surface area contributed by atoms with Crippen molar-refractivity contribution in [3.63, 3.8) is 0 Å². The van der Waals surface area contributed by atoms with E-state index in [2.05, 4.69) is 25.7 Å². The zero-order valence-corrected chi connectivity index (χ0v) is 17.6. The lowest BCUT2D eigenvalue weighted by atomic mass is 10.1. The fraction of sp³-hybridized carbons (Fsp3) is 0.0476. The maximum Gasteiger partial charge on any atom is 0.277 e. The summed E-state index contributed by atoms with van der Waals surface area (Å²) in [5.41, 5.74) is -0.234. The maximum absolute atomic E-state index is 12.5. The predicted molar refractivity (Wildman–Crippen MR) is 121 cm³/mol. The van der Waals surface area contributed by atoms with Crippen molar-refractivity contribution in [3.8, 4) is 5.82 Å². The summed E-state index contributed by atoms with van der Waals surface area (Å²) in [5, 5.41) is 31.9. The second kappa shape index (κ2) is 9.12. The number of carbonyl (C=O) groups is 1. The number of hydrogen-bond donors (Lipinski definition) is 2. The number of aryl methyl sites for hydroxylation is 1. The number of nitrogens with one attached hydrogen (secondary N) is 2. The van der Waals surface area contributed by atoms with Gasteiger partial charge in [-0.2, -0.15) is 5.10 Å². The van der Waals surface area contributed by atoms with Crippen molar-refractivity contribution in [1.29, 1.82) is 0 Å². The van der Waals surface area contributed by atoms with Gasteiger partial charge in [0.1, 0.15) is 11.6 Å². The van der Waals surface area contributed by atoms with Crippen LogP contribution in [0.1, 0.15) is 16.2 Å².